The number of nitrogens with zero attached hydrogens (tertiary/aromatic N) is 1. The third-order valence-electron chi connectivity index (χ3n) is 3.49. The molecule has 0 unspecified atom stereocenters. The van der Waals surface area contributed by atoms with Gasteiger partial charge in [0.1, 0.15) is 0 Å². The molecule has 8 nitrogen and oxygen atoms in total. The summed E-state index contributed by atoms with van der Waals surface area (Å²) in [4.78, 5) is 12.5. The number of aromatic nitrogens is 2. The number of rotatable bonds is 4. The smallest absolute Gasteiger partial charge is 0.276 e. The first-order valence-electron chi connectivity index (χ1n) is 7.09. The Morgan fingerprint density at radius 3 is 2.67 bits per heavy atom. The van der Waals surface area contributed by atoms with Crippen LogP contribution >= 0.6 is 12.4 Å². The Bertz CT molecular complexity index is 850. The van der Waals surface area contributed by atoms with Crippen LogP contribution in [0.1, 0.15) is 21.7 Å². The third kappa shape index (κ3) is 4.05. The summed E-state index contributed by atoms with van der Waals surface area (Å²) >= 11 is 0. The summed E-state index contributed by atoms with van der Waals surface area (Å²) in [5, 5.41) is 12.9. The van der Waals surface area contributed by atoms with E-state index in [1.165, 1.54) is 0 Å². The predicted molar refractivity (Wildman–Crippen MR) is 94.1 cm³/mol. The minimum atomic E-state index is -3.44. The molecule has 0 fully saturated rings. The van der Waals surface area contributed by atoms with Crippen molar-refractivity contribution in [2.24, 2.45) is 0 Å². The van der Waals surface area contributed by atoms with E-state index in [1.807, 2.05) is 0 Å². The first kappa shape index (κ1) is 18.2. The highest BCUT2D eigenvalue weighted by molar-refractivity contribution is 7.92. The van der Waals surface area contributed by atoms with E-state index in [4.69, 9.17) is 0 Å². The monoisotopic (exact) mass is 371 g/mol. The molecule has 4 N–H and O–H groups in total. The maximum Gasteiger partial charge on any atom is 0.276 e. The highest BCUT2D eigenvalue weighted by atomic mass is 35.5. The van der Waals surface area contributed by atoms with Crippen molar-refractivity contribution < 1.29 is 13.2 Å². The van der Waals surface area contributed by atoms with Crippen molar-refractivity contribution >= 4 is 39.7 Å². The van der Waals surface area contributed by atoms with Gasteiger partial charge in [0.2, 0.25) is 10.0 Å². The van der Waals surface area contributed by atoms with E-state index in [2.05, 4.69) is 25.6 Å². The molecule has 0 aliphatic carbocycles. The topological polar surface area (TPSA) is 116 Å². The zero-order valence-corrected chi connectivity index (χ0v) is 14.6. The van der Waals surface area contributed by atoms with Gasteiger partial charge in [0.05, 0.1) is 17.6 Å². The van der Waals surface area contributed by atoms with Gasteiger partial charge in [-0.3, -0.25) is 14.6 Å². The van der Waals surface area contributed by atoms with Crippen LogP contribution in [0.4, 0.5) is 11.4 Å². The molecule has 1 aromatic carbocycles. The Balaban J connectivity index is 0.00000208. The first-order chi connectivity index (χ1) is 10.9. The molecule has 1 aliphatic rings. The number of H-pyrrole nitrogens is 1. The van der Waals surface area contributed by atoms with Crippen LogP contribution in [0, 0.1) is 0 Å². The summed E-state index contributed by atoms with van der Waals surface area (Å²) in [6.07, 6.45) is 1.85. The molecule has 0 spiro atoms. The standard InChI is InChI=1S/C14H17N5O3S.ClH/c1-23(21,22)19-12-5-3-2-4-11(12)16-14(20)13-9-8-15-7-6-10(9)17-18-13;/h2-5,15,19H,6-8H2,1H3,(H,16,20)(H,17,18);1H. The lowest BCUT2D eigenvalue weighted by atomic mass is 10.1. The van der Waals surface area contributed by atoms with Crippen LogP contribution in [0.15, 0.2) is 24.3 Å². The van der Waals surface area contributed by atoms with Crippen LogP contribution in [-0.4, -0.2) is 37.3 Å². The zero-order chi connectivity index (χ0) is 16.4. The van der Waals surface area contributed by atoms with Gasteiger partial charge in [-0.25, -0.2) is 8.42 Å². The number of nitrogens with one attached hydrogen (secondary N) is 4. The molecule has 1 amide bonds. The minimum absolute atomic E-state index is 0. The molecule has 130 valence electrons. The highest BCUT2D eigenvalue weighted by Crippen LogP contribution is 2.23. The van der Waals surface area contributed by atoms with Gasteiger partial charge in [0, 0.05) is 30.8 Å². The van der Waals surface area contributed by atoms with E-state index in [1.54, 1.807) is 24.3 Å². The summed E-state index contributed by atoms with van der Waals surface area (Å²) in [7, 11) is -3.44. The third-order valence-corrected chi connectivity index (χ3v) is 4.08. The van der Waals surface area contributed by atoms with Gasteiger partial charge in [-0.15, -0.1) is 12.4 Å². The lowest BCUT2D eigenvalue weighted by molar-refractivity contribution is 0.102. The average molecular weight is 372 g/mol. The summed E-state index contributed by atoms with van der Waals surface area (Å²) < 4.78 is 25.2. The Morgan fingerprint density at radius 1 is 1.25 bits per heavy atom. The number of sulfonamides is 1. The van der Waals surface area contributed by atoms with Crippen molar-refractivity contribution in [3.05, 3.63) is 41.2 Å². The quantitative estimate of drug-likeness (QED) is 0.642. The predicted octanol–water partition coefficient (Wildman–Crippen LogP) is 1.10. The fourth-order valence-corrected chi connectivity index (χ4v) is 3.05. The normalized spacial score (nSPS) is 13.5. The van der Waals surface area contributed by atoms with Gasteiger partial charge in [0.25, 0.3) is 5.91 Å². The number of halogens is 1. The maximum absolute atomic E-state index is 12.5. The summed E-state index contributed by atoms with van der Waals surface area (Å²) in [6, 6.07) is 6.61. The second kappa shape index (κ2) is 7.20. The highest BCUT2D eigenvalue weighted by Gasteiger charge is 2.22. The van der Waals surface area contributed by atoms with Crippen molar-refractivity contribution in [3.8, 4) is 0 Å². The molecule has 0 radical (unpaired) electrons. The van der Waals surface area contributed by atoms with Gasteiger partial charge in [-0.2, -0.15) is 5.10 Å². The number of aromatic amines is 1. The lowest BCUT2D eigenvalue weighted by Gasteiger charge is -2.14. The van der Waals surface area contributed by atoms with E-state index in [-0.39, 0.29) is 18.3 Å². The molecular formula is C14H18ClN5O3S. The molecule has 1 aliphatic heterocycles. The van der Waals surface area contributed by atoms with Gasteiger partial charge < -0.3 is 10.6 Å². The molecule has 2 heterocycles. The van der Waals surface area contributed by atoms with Gasteiger partial charge in [-0.05, 0) is 12.1 Å². The molecule has 0 saturated carbocycles. The van der Waals surface area contributed by atoms with Gasteiger partial charge in [0.15, 0.2) is 5.69 Å². The van der Waals surface area contributed by atoms with Crippen molar-refractivity contribution in [1.82, 2.24) is 15.5 Å². The van der Waals surface area contributed by atoms with Gasteiger partial charge in [-0.1, -0.05) is 12.1 Å². The molecular weight excluding hydrogens is 354 g/mol. The van der Waals surface area contributed by atoms with Crippen molar-refractivity contribution in [2.75, 3.05) is 22.8 Å². The van der Waals surface area contributed by atoms with Crippen LogP contribution < -0.4 is 15.4 Å². The Kier molecular flexibility index (Phi) is 5.47. The Labute approximate surface area is 145 Å². The number of amides is 1. The van der Waals surface area contributed by atoms with Crippen LogP contribution in [-0.2, 0) is 23.0 Å². The second-order valence-electron chi connectivity index (χ2n) is 5.33. The average Bonchev–Trinajstić information content (AvgIpc) is 2.92. The number of hydrogen-bond donors (Lipinski definition) is 4. The first-order valence-corrected chi connectivity index (χ1v) is 8.98. The molecule has 2 aromatic rings. The minimum Gasteiger partial charge on any atom is -0.319 e. The number of hydrogen-bond acceptors (Lipinski definition) is 5. The number of carbonyl (C=O) groups excluding carboxylic acids is 1. The Morgan fingerprint density at radius 2 is 1.96 bits per heavy atom. The molecule has 0 atom stereocenters. The number of carbonyl (C=O) groups is 1. The van der Waals surface area contributed by atoms with Crippen LogP contribution in [0.3, 0.4) is 0 Å². The van der Waals surface area contributed by atoms with Crippen LogP contribution in [0.25, 0.3) is 0 Å². The molecule has 0 bridgehead atoms. The number of anilines is 2. The molecule has 10 heteroatoms. The molecule has 1 aromatic heterocycles. The number of para-hydroxylation sites is 2. The van der Waals surface area contributed by atoms with Crippen molar-refractivity contribution in [3.63, 3.8) is 0 Å². The number of benzene rings is 1. The largest absolute Gasteiger partial charge is 0.319 e. The van der Waals surface area contributed by atoms with Crippen LogP contribution in [0.2, 0.25) is 0 Å². The molecule has 24 heavy (non-hydrogen) atoms. The lowest BCUT2D eigenvalue weighted by Crippen LogP contribution is -2.25. The van der Waals surface area contributed by atoms with E-state index < -0.39 is 10.0 Å². The summed E-state index contributed by atoms with van der Waals surface area (Å²) in [6.45, 7) is 1.43. The van der Waals surface area contributed by atoms with E-state index in [9.17, 15) is 13.2 Å². The Hall–Kier alpha value is -2.10. The van der Waals surface area contributed by atoms with Crippen LogP contribution in [0.5, 0.6) is 0 Å². The zero-order valence-electron chi connectivity index (χ0n) is 12.9. The van der Waals surface area contributed by atoms with Crippen molar-refractivity contribution in [2.45, 2.75) is 13.0 Å². The summed E-state index contributed by atoms with van der Waals surface area (Å²) in [5.41, 5.74) is 2.81. The fourth-order valence-electron chi connectivity index (χ4n) is 2.48. The second-order valence-corrected chi connectivity index (χ2v) is 7.08. The van der Waals surface area contributed by atoms with E-state index in [0.717, 1.165) is 30.5 Å². The van der Waals surface area contributed by atoms with E-state index >= 15 is 0 Å². The number of fused-ring (bicyclic) bond motifs is 1. The fraction of sp³-hybridized carbons (Fsp3) is 0.286. The summed E-state index contributed by atoms with van der Waals surface area (Å²) in [5.74, 6) is -0.381. The molecule has 0 saturated heterocycles. The SMILES string of the molecule is CS(=O)(=O)Nc1ccccc1NC(=O)c1n[nH]c2c1CNCC2.Cl. The van der Waals surface area contributed by atoms with Crippen molar-refractivity contribution in [1.29, 1.82) is 0 Å². The maximum atomic E-state index is 12.5. The van der Waals surface area contributed by atoms with Gasteiger partial charge >= 0.3 is 0 Å². The molecule has 3 rings (SSSR count). The van der Waals surface area contributed by atoms with E-state index in [0.29, 0.717) is 23.6 Å².